The summed E-state index contributed by atoms with van der Waals surface area (Å²) in [4.78, 5) is 2.40. The molecule has 5 heteroatoms. The fraction of sp³-hybridized carbons (Fsp3) is 0.909. The molecule has 0 aromatic rings. The van der Waals surface area contributed by atoms with Crippen LogP contribution in [0.1, 0.15) is 26.7 Å². The molecule has 0 radical (unpaired) electrons. The van der Waals surface area contributed by atoms with Crippen molar-refractivity contribution < 1.29 is 5.21 Å². The normalized spacial score (nSPS) is 23.0. The monoisotopic (exact) mass is 245 g/mol. The van der Waals surface area contributed by atoms with Crippen molar-refractivity contribution in [2.75, 3.05) is 25.1 Å². The molecule has 94 valence electrons. The zero-order chi connectivity index (χ0) is 12.2. The highest BCUT2D eigenvalue weighted by Gasteiger charge is 2.26. The molecule has 0 saturated carbocycles. The van der Waals surface area contributed by atoms with E-state index in [1.54, 1.807) is 0 Å². The number of nitrogens with two attached hydrogens (primary N) is 1. The van der Waals surface area contributed by atoms with Gasteiger partial charge in [0.25, 0.3) is 0 Å². The first-order chi connectivity index (χ1) is 7.47. The summed E-state index contributed by atoms with van der Waals surface area (Å²) in [7, 11) is 2.17. The van der Waals surface area contributed by atoms with Crippen LogP contribution in [0.15, 0.2) is 5.16 Å². The van der Waals surface area contributed by atoms with Crippen molar-refractivity contribution in [3.05, 3.63) is 0 Å². The number of thioether (sulfide) groups is 1. The van der Waals surface area contributed by atoms with Gasteiger partial charge >= 0.3 is 0 Å². The lowest BCUT2D eigenvalue weighted by Gasteiger charge is -2.29. The summed E-state index contributed by atoms with van der Waals surface area (Å²) >= 11 is 2.02. The molecule has 1 rings (SSSR count). The number of amidine groups is 1. The molecule has 16 heavy (non-hydrogen) atoms. The third kappa shape index (κ3) is 3.56. The molecule has 0 aliphatic carbocycles. The quantitative estimate of drug-likeness (QED) is 0.334. The maximum absolute atomic E-state index is 8.69. The summed E-state index contributed by atoms with van der Waals surface area (Å²) in [5.74, 6) is 2.83. The van der Waals surface area contributed by atoms with Crippen molar-refractivity contribution in [2.24, 2.45) is 16.3 Å². The Morgan fingerprint density at radius 1 is 1.62 bits per heavy atom. The van der Waals surface area contributed by atoms with Crippen molar-refractivity contribution in [2.45, 2.75) is 32.7 Å². The molecule has 1 unspecified atom stereocenters. The molecule has 1 saturated heterocycles. The largest absolute Gasteiger partial charge is 0.409 e. The fourth-order valence-electron chi connectivity index (χ4n) is 1.77. The van der Waals surface area contributed by atoms with Crippen molar-refractivity contribution in [1.29, 1.82) is 0 Å². The van der Waals surface area contributed by atoms with Gasteiger partial charge in [-0.3, -0.25) is 0 Å². The Morgan fingerprint density at radius 2 is 2.31 bits per heavy atom. The van der Waals surface area contributed by atoms with Gasteiger partial charge in [-0.25, -0.2) is 0 Å². The van der Waals surface area contributed by atoms with E-state index in [0.717, 1.165) is 13.0 Å². The highest BCUT2D eigenvalue weighted by Crippen LogP contribution is 2.25. The molecule has 0 aromatic heterocycles. The van der Waals surface area contributed by atoms with E-state index in [2.05, 4.69) is 17.1 Å². The standard InChI is InChI=1S/C11H23N3OS/c1-11(2,10(12)13-15)5-6-14(3)9-4-7-16-8-9/h9,15H,4-8H2,1-3H3,(H2,12,13). The molecular weight excluding hydrogens is 222 g/mol. The van der Waals surface area contributed by atoms with Crippen molar-refractivity contribution in [3.8, 4) is 0 Å². The third-order valence-corrected chi connectivity index (χ3v) is 4.56. The number of oxime groups is 1. The number of nitrogens with zero attached hydrogens (tertiary/aromatic N) is 2. The molecule has 1 aliphatic heterocycles. The molecule has 1 aliphatic rings. The van der Waals surface area contributed by atoms with E-state index >= 15 is 0 Å². The van der Waals surface area contributed by atoms with Gasteiger partial charge in [-0.15, -0.1) is 0 Å². The molecular formula is C11H23N3OS. The van der Waals surface area contributed by atoms with Crippen molar-refractivity contribution >= 4 is 17.6 Å². The van der Waals surface area contributed by atoms with E-state index in [1.165, 1.54) is 17.9 Å². The van der Waals surface area contributed by atoms with E-state index in [9.17, 15) is 0 Å². The van der Waals surface area contributed by atoms with Gasteiger partial charge in [0.2, 0.25) is 0 Å². The van der Waals surface area contributed by atoms with E-state index in [1.807, 2.05) is 25.6 Å². The topological polar surface area (TPSA) is 61.8 Å². The smallest absolute Gasteiger partial charge is 0.144 e. The van der Waals surface area contributed by atoms with Crippen LogP contribution >= 0.6 is 11.8 Å². The van der Waals surface area contributed by atoms with Crippen LogP contribution in [-0.2, 0) is 0 Å². The SMILES string of the molecule is CN(CCC(C)(C)C(N)=NO)C1CCSC1. The molecule has 1 fully saturated rings. The Kier molecular flexibility index (Phi) is 4.92. The second kappa shape index (κ2) is 5.77. The van der Waals surface area contributed by atoms with Crippen LogP contribution in [0.2, 0.25) is 0 Å². The van der Waals surface area contributed by atoms with Gasteiger partial charge in [0.1, 0.15) is 5.84 Å². The summed E-state index contributed by atoms with van der Waals surface area (Å²) in [5.41, 5.74) is 5.44. The second-order valence-corrected chi connectivity index (χ2v) is 6.27. The summed E-state index contributed by atoms with van der Waals surface area (Å²) in [5, 5.41) is 11.8. The summed E-state index contributed by atoms with van der Waals surface area (Å²) < 4.78 is 0. The average molecular weight is 245 g/mol. The molecule has 4 nitrogen and oxygen atoms in total. The number of hydrogen-bond donors (Lipinski definition) is 2. The number of rotatable bonds is 5. The minimum absolute atomic E-state index is 0.227. The van der Waals surface area contributed by atoms with Crippen LogP contribution in [0, 0.1) is 5.41 Å². The lowest BCUT2D eigenvalue weighted by atomic mass is 9.88. The first-order valence-electron chi connectivity index (χ1n) is 5.73. The van der Waals surface area contributed by atoms with E-state index in [0.29, 0.717) is 11.9 Å². The van der Waals surface area contributed by atoms with Crippen LogP contribution in [0.25, 0.3) is 0 Å². The molecule has 0 amide bonds. The van der Waals surface area contributed by atoms with Crippen molar-refractivity contribution in [1.82, 2.24) is 4.90 Å². The molecule has 1 atom stereocenters. The maximum atomic E-state index is 8.69. The number of hydrogen-bond acceptors (Lipinski definition) is 4. The average Bonchev–Trinajstić information content (AvgIpc) is 2.78. The van der Waals surface area contributed by atoms with Crippen LogP contribution in [-0.4, -0.2) is 47.1 Å². The summed E-state index contributed by atoms with van der Waals surface area (Å²) in [6, 6.07) is 0.702. The Labute approximate surface area is 102 Å². The van der Waals surface area contributed by atoms with E-state index in [-0.39, 0.29) is 5.41 Å². The molecule has 0 bridgehead atoms. The summed E-state index contributed by atoms with van der Waals surface area (Å²) in [6.07, 6.45) is 2.20. The summed E-state index contributed by atoms with van der Waals surface area (Å²) in [6.45, 7) is 5.02. The Hall–Kier alpha value is -0.420. The van der Waals surface area contributed by atoms with Gasteiger partial charge in [-0.1, -0.05) is 19.0 Å². The van der Waals surface area contributed by atoms with Gasteiger partial charge < -0.3 is 15.8 Å². The lowest BCUT2D eigenvalue weighted by molar-refractivity contribution is 0.232. The molecule has 0 spiro atoms. The van der Waals surface area contributed by atoms with Gasteiger partial charge in [0, 0.05) is 17.2 Å². The van der Waals surface area contributed by atoms with Crippen LogP contribution in [0.3, 0.4) is 0 Å². The van der Waals surface area contributed by atoms with Crippen LogP contribution in [0.5, 0.6) is 0 Å². The predicted molar refractivity (Wildman–Crippen MR) is 70.2 cm³/mol. The van der Waals surface area contributed by atoms with Crippen molar-refractivity contribution in [3.63, 3.8) is 0 Å². The van der Waals surface area contributed by atoms with Crippen LogP contribution in [0.4, 0.5) is 0 Å². The fourth-order valence-corrected chi connectivity index (χ4v) is 3.07. The Balaban J connectivity index is 2.38. The predicted octanol–water partition coefficient (Wildman–Crippen LogP) is 1.59. The van der Waals surface area contributed by atoms with Crippen LogP contribution < -0.4 is 5.73 Å². The molecule has 1 heterocycles. The minimum Gasteiger partial charge on any atom is -0.409 e. The van der Waals surface area contributed by atoms with Gasteiger partial charge in [0.05, 0.1) is 0 Å². The zero-order valence-corrected chi connectivity index (χ0v) is 11.3. The maximum Gasteiger partial charge on any atom is 0.144 e. The van der Waals surface area contributed by atoms with Gasteiger partial charge in [-0.05, 0) is 32.2 Å². The second-order valence-electron chi connectivity index (χ2n) is 5.12. The van der Waals surface area contributed by atoms with E-state index in [4.69, 9.17) is 10.9 Å². The molecule has 0 aromatic carbocycles. The third-order valence-electron chi connectivity index (χ3n) is 3.42. The van der Waals surface area contributed by atoms with Gasteiger partial charge in [-0.2, -0.15) is 11.8 Å². The first-order valence-corrected chi connectivity index (χ1v) is 6.89. The minimum atomic E-state index is -0.227. The van der Waals surface area contributed by atoms with Gasteiger partial charge in [0.15, 0.2) is 0 Å². The first kappa shape index (κ1) is 13.6. The highest BCUT2D eigenvalue weighted by atomic mass is 32.2. The Bertz CT molecular complexity index is 250. The van der Waals surface area contributed by atoms with E-state index < -0.39 is 0 Å². The zero-order valence-electron chi connectivity index (χ0n) is 10.4. The highest BCUT2D eigenvalue weighted by molar-refractivity contribution is 7.99. The Morgan fingerprint density at radius 3 is 2.81 bits per heavy atom. The molecule has 3 N–H and O–H groups in total. The lowest BCUT2D eigenvalue weighted by Crippen LogP contribution is -2.38.